The van der Waals surface area contributed by atoms with Crippen LogP contribution in [0.15, 0.2) is 59.5 Å². The molecule has 1 aliphatic rings. The van der Waals surface area contributed by atoms with Gasteiger partial charge < -0.3 is 40.1 Å². The highest BCUT2D eigenvalue weighted by Gasteiger charge is 2.62. The van der Waals surface area contributed by atoms with Gasteiger partial charge in [0.1, 0.15) is 23.8 Å². The van der Waals surface area contributed by atoms with E-state index in [1.54, 1.807) is 36.4 Å². The lowest BCUT2D eigenvalue weighted by atomic mass is 9.92. The molecule has 1 aliphatic heterocycles. The number of nitrogens with zero attached hydrogens (tertiary/aromatic N) is 4. The lowest BCUT2D eigenvalue weighted by Gasteiger charge is -2.26. The molecule has 268 valence electrons. The van der Waals surface area contributed by atoms with Gasteiger partial charge in [0, 0.05) is 11.6 Å². The molecule has 48 heavy (non-hydrogen) atoms. The lowest BCUT2D eigenvalue weighted by Crippen LogP contribution is -2.55. The number of carboxylic acids is 1. The molecule has 16 heteroatoms. The van der Waals surface area contributed by atoms with E-state index in [-0.39, 0.29) is 11.6 Å². The summed E-state index contributed by atoms with van der Waals surface area (Å²) in [5, 5.41) is 32.0. The Labute approximate surface area is 281 Å². The van der Waals surface area contributed by atoms with Crippen molar-refractivity contribution in [2.75, 3.05) is 51.6 Å². The number of phosphoric ester groups is 1. The summed E-state index contributed by atoms with van der Waals surface area (Å²) in [7, 11) is -4.85. The van der Waals surface area contributed by atoms with Crippen LogP contribution in [0.5, 0.6) is 5.75 Å². The van der Waals surface area contributed by atoms with Crippen LogP contribution in [-0.4, -0.2) is 109 Å². The minimum absolute atomic E-state index is 0.0298. The second-order valence-corrected chi connectivity index (χ2v) is 12.1. The van der Waals surface area contributed by atoms with Crippen molar-refractivity contribution in [2.45, 2.75) is 65.6 Å². The molecule has 15 nitrogen and oxygen atoms in total. The Morgan fingerprint density at radius 1 is 0.979 bits per heavy atom. The molecule has 3 aromatic rings. The number of benzene rings is 2. The minimum Gasteiger partial charge on any atom is -0.479 e. The third-order valence-corrected chi connectivity index (χ3v) is 8.92. The van der Waals surface area contributed by atoms with Crippen LogP contribution in [0.25, 0.3) is 10.8 Å². The van der Waals surface area contributed by atoms with Gasteiger partial charge in [0.15, 0.2) is 6.23 Å². The van der Waals surface area contributed by atoms with Crippen molar-refractivity contribution in [1.82, 2.24) is 19.4 Å². The smallest absolute Gasteiger partial charge is 0.479 e. The number of nitrogen functional groups attached to an aromatic ring is 1. The molecule has 5 atom stereocenters. The van der Waals surface area contributed by atoms with Crippen molar-refractivity contribution in [1.29, 1.82) is 0 Å². The van der Waals surface area contributed by atoms with Gasteiger partial charge in [-0.05, 0) is 56.8 Å². The number of carboxylic acid groups (broad SMARTS) is 1. The van der Waals surface area contributed by atoms with E-state index in [1.807, 2.05) is 0 Å². The number of anilines is 1. The molecule has 1 fully saturated rings. The fourth-order valence-corrected chi connectivity index (χ4v) is 5.74. The summed E-state index contributed by atoms with van der Waals surface area (Å²) >= 11 is 0. The molecule has 4 rings (SSSR count). The maximum absolute atomic E-state index is 12.6. The van der Waals surface area contributed by atoms with Crippen LogP contribution in [0.2, 0.25) is 0 Å². The molecular formula is C32H50N5O10P. The van der Waals surface area contributed by atoms with Crippen LogP contribution >= 0.6 is 7.82 Å². The van der Waals surface area contributed by atoms with E-state index in [2.05, 4.69) is 56.3 Å². The number of nitrogens with two attached hydrogens (primary N) is 1. The molecule has 1 unspecified atom stereocenters. The fourth-order valence-electron chi connectivity index (χ4n) is 4.95. The van der Waals surface area contributed by atoms with E-state index < -0.39 is 50.1 Å². The Balaban J connectivity index is 0.000000479. The van der Waals surface area contributed by atoms with Crippen molar-refractivity contribution in [3.8, 4) is 5.75 Å². The number of hydrogen-bond acceptors (Lipinski definition) is 12. The van der Waals surface area contributed by atoms with E-state index in [4.69, 9.17) is 19.5 Å². The maximum atomic E-state index is 12.6. The Morgan fingerprint density at radius 3 is 2.02 bits per heavy atom. The fraction of sp³-hybridized carbons (Fsp3) is 0.531. The van der Waals surface area contributed by atoms with Crippen molar-refractivity contribution in [3.63, 3.8) is 0 Å². The van der Waals surface area contributed by atoms with Gasteiger partial charge in [0.25, 0.3) is 0 Å². The molecule has 2 aromatic carbocycles. The molecule has 0 radical (unpaired) electrons. The Bertz CT molecular complexity index is 1520. The van der Waals surface area contributed by atoms with Gasteiger partial charge in [-0.25, -0.2) is 14.2 Å². The van der Waals surface area contributed by atoms with Gasteiger partial charge in [-0.15, -0.1) is 0 Å². The van der Waals surface area contributed by atoms with E-state index in [0.717, 1.165) is 16.2 Å². The van der Waals surface area contributed by atoms with Crippen LogP contribution < -0.4 is 15.9 Å². The highest BCUT2D eigenvalue weighted by molar-refractivity contribution is 7.47. The van der Waals surface area contributed by atoms with E-state index in [1.165, 1.54) is 51.4 Å². The molecule has 0 spiro atoms. The Hall–Kier alpha value is -3.40. The first kappa shape index (κ1) is 40.8. The lowest BCUT2D eigenvalue weighted by molar-refractivity contribution is -0.175. The van der Waals surface area contributed by atoms with Crippen LogP contribution in [0.1, 0.15) is 47.8 Å². The molecule has 1 aromatic heterocycles. The average molecular weight is 696 g/mol. The predicted molar refractivity (Wildman–Crippen MR) is 183 cm³/mol. The summed E-state index contributed by atoms with van der Waals surface area (Å²) in [5.41, 5.74) is 1.44. The zero-order chi connectivity index (χ0) is 36.1. The van der Waals surface area contributed by atoms with Gasteiger partial charge in [-0.1, -0.05) is 77.9 Å². The van der Waals surface area contributed by atoms with Gasteiger partial charge in [0.2, 0.25) is 5.60 Å². The number of ether oxygens (including phenoxy) is 1. The number of aliphatic hydroxyl groups excluding tert-OH is 1. The van der Waals surface area contributed by atoms with E-state index >= 15 is 0 Å². The number of aliphatic carboxylic acids is 1. The van der Waals surface area contributed by atoms with E-state index in [0.29, 0.717) is 5.39 Å². The molecule has 6 N–H and O–H groups in total. The van der Waals surface area contributed by atoms with Crippen molar-refractivity contribution < 1.29 is 43.4 Å². The number of phosphoric acid groups is 1. The third kappa shape index (κ3) is 10.5. The molecule has 0 amide bonds. The zero-order valence-corrected chi connectivity index (χ0v) is 29.3. The largest absolute Gasteiger partial charge is 0.527 e. The Kier molecular flexibility index (Phi) is 16.1. The summed E-state index contributed by atoms with van der Waals surface area (Å²) in [6.07, 6.45) is -4.65. The van der Waals surface area contributed by atoms with Crippen LogP contribution in [0.3, 0.4) is 0 Å². The van der Waals surface area contributed by atoms with Crippen molar-refractivity contribution >= 4 is 30.4 Å². The van der Waals surface area contributed by atoms with Crippen LogP contribution in [0, 0.1) is 0 Å². The highest BCUT2D eigenvalue weighted by atomic mass is 31.2. The zero-order valence-electron chi connectivity index (χ0n) is 28.4. The van der Waals surface area contributed by atoms with Crippen molar-refractivity contribution in [2.24, 2.45) is 0 Å². The summed E-state index contributed by atoms with van der Waals surface area (Å²) in [6, 6.07) is 12.9. The van der Waals surface area contributed by atoms with Gasteiger partial charge >= 0.3 is 19.5 Å². The van der Waals surface area contributed by atoms with E-state index in [9.17, 15) is 34.4 Å². The van der Waals surface area contributed by atoms with Crippen molar-refractivity contribution in [3.05, 3.63) is 65.2 Å². The monoisotopic (exact) mass is 695 g/mol. The molecule has 2 heterocycles. The standard InChI is InChI=1S/C20H20N3O10P.2C6H15N/c21-15-8-9-23(19(27)22-15)17-16(24)20(28,18(25)26)14(32-17)10-31-34(29,30)33-13-7-3-5-11-4-1-2-6-12(11)13;2*1-4-7(5-2)6-3/h1-9,14,16-17,24,28H,10H2,(H,25,26)(H,29,30)(H2,21,22,27);2*4-6H2,1-3H3/t14-,16+,17-,20-;;/m1../s1. The predicted octanol–water partition coefficient (Wildman–Crippen LogP) is 2.94. The maximum Gasteiger partial charge on any atom is 0.527 e. The van der Waals surface area contributed by atoms with Crippen LogP contribution in [0.4, 0.5) is 5.82 Å². The number of aromatic nitrogens is 2. The first-order chi connectivity index (χ1) is 22.7. The quantitative estimate of drug-likeness (QED) is 0.163. The molecule has 0 bridgehead atoms. The molecule has 1 saturated heterocycles. The van der Waals surface area contributed by atoms with Gasteiger partial charge in [-0.3, -0.25) is 14.0 Å². The summed E-state index contributed by atoms with van der Waals surface area (Å²) in [4.78, 5) is 42.3. The number of hydrogen-bond donors (Lipinski definition) is 5. The number of aliphatic hydroxyl groups is 2. The summed E-state index contributed by atoms with van der Waals surface area (Å²) in [6.45, 7) is 19.3. The molecule has 0 saturated carbocycles. The topological polar surface area (TPSA) is 210 Å². The normalized spacial score (nSPS) is 21.6. The van der Waals surface area contributed by atoms with Gasteiger partial charge in [-0.2, -0.15) is 4.98 Å². The first-order valence-corrected chi connectivity index (χ1v) is 17.4. The summed E-state index contributed by atoms with van der Waals surface area (Å²) < 4.78 is 28.7. The third-order valence-electron chi connectivity index (χ3n) is 8.02. The highest BCUT2D eigenvalue weighted by Crippen LogP contribution is 2.47. The first-order valence-electron chi connectivity index (χ1n) is 16.0. The SMILES string of the molecule is CCN(CC)CC.CCN(CC)CC.Nc1ccn([C@@H]2O[C@H](COP(=O)(O)Oc3cccc4ccccc34)[C@](O)(C(=O)O)[C@H]2O)c(=O)n1. The molecule has 0 aliphatic carbocycles. The second kappa shape index (κ2) is 19.0. The summed E-state index contributed by atoms with van der Waals surface area (Å²) in [5.74, 6) is -2.01. The molecular weight excluding hydrogens is 645 g/mol. The van der Waals surface area contributed by atoms with Gasteiger partial charge in [0.05, 0.1) is 6.61 Å². The average Bonchev–Trinajstić information content (AvgIpc) is 3.32. The number of carbonyl (C=O) groups is 1. The number of rotatable bonds is 13. The second-order valence-electron chi connectivity index (χ2n) is 10.7. The Morgan fingerprint density at radius 2 is 1.52 bits per heavy atom. The minimum atomic E-state index is -4.85. The van der Waals surface area contributed by atoms with Crippen LogP contribution in [-0.2, 0) is 18.6 Å². The number of fused-ring (bicyclic) bond motifs is 1.